The molecule has 3 nitrogen and oxygen atoms in total. The highest BCUT2D eigenvalue weighted by Gasteiger charge is 2.50. The molecule has 1 N–H and O–H groups in total. The Bertz CT molecular complexity index is 866. The van der Waals surface area contributed by atoms with E-state index in [2.05, 4.69) is 5.32 Å². The van der Waals surface area contributed by atoms with E-state index in [1.54, 1.807) is 6.07 Å². The zero-order valence-electron chi connectivity index (χ0n) is 13.3. The predicted molar refractivity (Wildman–Crippen MR) is 97.1 cm³/mol. The summed E-state index contributed by atoms with van der Waals surface area (Å²) in [5.41, 5.74) is 2.94. The first-order valence-electron chi connectivity index (χ1n) is 7.99. The third kappa shape index (κ3) is 2.15. The molecule has 2 aliphatic rings. The van der Waals surface area contributed by atoms with Crippen LogP contribution in [0.1, 0.15) is 24.0 Å². The van der Waals surface area contributed by atoms with Crippen LogP contribution in [-0.2, 0) is 10.2 Å². The normalized spacial score (nSPS) is 22.7. The fourth-order valence-corrected chi connectivity index (χ4v) is 4.03. The van der Waals surface area contributed by atoms with Crippen molar-refractivity contribution in [1.82, 2.24) is 0 Å². The van der Waals surface area contributed by atoms with Gasteiger partial charge in [-0.25, -0.2) is 4.39 Å². The van der Waals surface area contributed by atoms with E-state index < -0.39 is 5.41 Å². The summed E-state index contributed by atoms with van der Waals surface area (Å²) in [6.45, 7) is 2.38. The van der Waals surface area contributed by atoms with Crippen molar-refractivity contribution in [3.63, 3.8) is 0 Å². The van der Waals surface area contributed by atoms with Crippen LogP contribution in [0.2, 0.25) is 0 Å². The smallest absolute Gasteiger partial charge is 0.236 e. The lowest BCUT2D eigenvalue weighted by Crippen LogP contribution is -2.52. The van der Waals surface area contributed by atoms with E-state index in [0.29, 0.717) is 19.4 Å². The van der Waals surface area contributed by atoms with Gasteiger partial charge in [-0.15, -0.1) is 0 Å². The van der Waals surface area contributed by atoms with Crippen LogP contribution < -0.4 is 10.2 Å². The summed E-state index contributed by atoms with van der Waals surface area (Å²) < 4.78 is 13.8. The second-order valence-corrected chi connectivity index (χ2v) is 6.96. The fraction of sp³-hybridized carbons (Fsp3) is 0.263. The summed E-state index contributed by atoms with van der Waals surface area (Å²) in [7, 11) is 0. The summed E-state index contributed by atoms with van der Waals surface area (Å²) >= 11 is 5.54. The van der Waals surface area contributed by atoms with Gasteiger partial charge >= 0.3 is 0 Å². The van der Waals surface area contributed by atoms with Crippen molar-refractivity contribution in [2.24, 2.45) is 0 Å². The first kappa shape index (κ1) is 15.3. The van der Waals surface area contributed by atoms with Gasteiger partial charge in [-0.3, -0.25) is 4.79 Å². The fourth-order valence-electron chi connectivity index (χ4n) is 3.76. The van der Waals surface area contributed by atoms with Gasteiger partial charge in [0.25, 0.3) is 0 Å². The van der Waals surface area contributed by atoms with Gasteiger partial charge in [0.2, 0.25) is 5.91 Å². The molecule has 2 aromatic rings. The predicted octanol–water partition coefficient (Wildman–Crippen LogP) is 3.95. The number of piperidine rings is 1. The molecule has 0 saturated carbocycles. The van der Waals surface area contributed by atoms with Crippen molar-refractivity contribution >= 4 is 34.5 Å². The topological polar surface area (TPSA) is 32.3 Å². The minimum atomic E-state index is -0.627. The monoisotopic (exact) mass is 340 g/mol. The van der Waals surface area contributed by atoms with Crippen molar-refractivity contribution < 1.29 is 9.18 Å². The number of nitrogens with zero attached hydrogens (tertiary/aromatic N) is 1. The van der Waals surface area contributed by atoms with Gasteiger partial charge in [0.05, 0.1) is 10.4 Å². The number of hydrogen-bond donors (Lipinski definition) is 1. The van der Waals surface area contributed by atoms with Crippen LogP contribution in [0.25, 0.3) is 0 Å². The molecule has 24 heavy (non-hydrogen) atoms. The summed E-state index contributed by atoms with van der Waals surface area (Å²) in [5.74, 6) is -0.292. The number of hydrogen-bond acceptors (Lipinski definition) is 2. The minimum Gasteiger partial charge on any atom is -0.334 e. The van der Waals surface area contributed by atoms with E-state index in [-0.39, 0.29) is 11.7 Å². The van der Waals surface area contributed by atoms with E-state index in [4.69, 9.17) is 12.2 Å². The molecule has 0 aliphatic carbocycles. The van der Waals surface area contributed by atoms with Gasteiger partial charge in [0.15, 0.2) is 0 Å². The van der Waals surface area contributed by atoms with Crippen LogP contribution in [0.4, 0.5) is 15.8 Å². The molecule has 5 heteroatoms. The first-order valence-corrected chi connectivity index (χ1v) is 8.39. The molecule has 1 atom stereocenters. The Morgan fingerprint density at radius 2 is 2.04 bits per heavy atom. The Labute approximate surface area is 145 Å². The van der Waals surface area contributed by atoms with Crippen LogP contribution in [0, 0.1) is 12.7 Å². The van der Waals surface area contributed by atoms with Crippen molar-refractivity contribution in [2.45, 2.75) is 25.2 Å². The molecule has 0 bridgehead atoms. The van der Waals surface area contributed by atoms with Crippen molar-refractivity contribution in [1.29, 1.82) is 0 Å². The highest BCUT2D eigenvalue weighted by molar-refractivity contribution is 7.80. The number of nitrogens with one attached hydrogen (secondary N) is 1. The van der Waals surface area contributed by atoms with Gasteiger partial charge in [-0.05, 0) is 49.1 Å². The highest BCUT2D eigenvalue weighted by Crippen LogP contribution is 2.45. The Balaban J connectivity index is 1.80. The van der Waals surface area contributed by atoms with E-state index in [1.165, 1.54) is 12.1 Å². The number of carbonyl (C=O) groups excluding carboxylic acids is 1. The van der Waals surface area contributed by atoms with Crippen LogP contribution >= 0.6 is 12.2 Å². The zero-order chi connectivity index (χ0) is 16.9. The second kappa shape index (κ2) is 5.38. The molecule has 2 heterocycles. The number of benzene rings is 2. The maximum atomic E-state index is 13.8. The second-order valence-electron chi connectivity index (χ2n) is 6.49. The number of rotatable bonds is 1. The summed E-state index contributed by atoms with van der Waals surface area (Å²) in [6.07, 6.45) is 1.31. The highest BCUT2D eigenvalue weighted by atomic mass is 32.1. The molecule has 1 fully saturated rings. The molecular weight excluding hydrogens is 323 g/mol. The van der Waals surface area contributed by atoms with Crippen LogP contribution in [-0.4, -0.2) is 17.4 Å². The molecule has 4 rings (SSSR count). The maximum Gasteiger partial charge on any atom is 0.236 e. The Hall–Kier alpha value is -2.27. The third-order valence-corrected chi connectivity index (χ3v) is 5.51. The molecule has 0 radical (unpaired) electrons. The number of amides is 1. The molecular formula is C19H17FN2OS. The first-order chi connectivity index (χ1) is 11.5. The number of aryl methyl sites for hydroxylation is 1. The SMILES string of the molecule is Cc1ccc(F)cc1N1CC2(CCC1=S)C(=O)Nc1ccccc12. The van der Waals surface area contributed by atoms with E-state index in [1.807, 2.05) is 36.1 Å². The Kier molecular flexibility index (Phi) is 3.42. The lowest BCUT2D eigenvalue weighted by Gasteiger charge is -2.41. The van der Waals surface area contributed by atoms with Crippen molar-refractivity contribution in [3.05, 3.63) is 59.4 Å². The van der Waals surface area contributed by atoms with Crippen molar-refractivity contribution in [3.8, 4) is 0 Å². The molecule has 0 aromatic heterocycles. The molecule has 1 spiro atoms. The number of halogens is 1. The molecule has 122 valence electrons. The van der Waals surface area contributed by atoms with Crippen LogP contribution in [0.3, 0.4) is 0 Å². The minimum absolute atomic E-state index is 0.00487. The van der Waals surface area contributed by atoms with Crippen LogP contribution in [0.15, 0.2) is 42.5 Å². The van der Waals surface area contributed by atoms with E-state index in [0.717, 1.165) is 27.5 Å². The molecule has 1 amide bonds. The Morgan fingerprint density at radius 1 is 1.25 bits per heavy atom. The molecule has 1 saturated heterocycles. The van der Waals surface area contributed by atoms with E-state index >= 15 is 0 Å². The van der Waals surface area contributed by atoms with Gasteiger partial charge < -0.3 is 10.2 Å². The molecule has 2 aliphatic heterocycles. The quantitative estimate of drug-likeness (QED) is 0.798. The van der Waals surface area contributed by atoms with Gasteiger partial charge in [0.1, 0.15) is 5.82 Å². The molecule has 1 unspecified atom stereocenters. The summed E-state index contributed by atoms with van der Waals surface area (Å²) in [6, 6.07) is 12.5. The lowest BCUT2D eigenvalue weighted by molar-refractivity contribution is -0.120. The average Bonchev–Trinajstić information content (AvgIpc) is 2.84. The van der Waals surface area contributed by atoms with Crippen LogP contribution in [0.5, 0.6) is 0 Å². The van der Waals surface area contributed by atoms with Gasteiger partial charge in [-0.2, -0.15) is 0 Å². The summed E-state index contributed by atoms with van der Waals surface area (Å²) in [4.78, 5) is 15.5. The number of anilines is 2. The van der Waals surface area contributed by atoms with Crippen molar-refractivity contribution in [2.75, 3.05) is 16.8 Å². The van der Waals surface area contributed by atoms with Gasteiger partial charge in [-0.1, -0.05) is 36.5 Å². The van der Waals surface area contributed by atoms with Gasteiger partial charge in [0, 0.05) is 17.9 Å². The van der Waals surface area contributed by atoms with E-state index in [9.17, 15) is 9.18 Å². The zero-order valence-corrected chi connectivity index (χ0v) is 14.1. The number of fused-ring (bicyclic) bond motifs is 2. The Morgan fingerprint density at radius 3 is 2.88 bits per heavy atom. The largest absolute Gasteiger partial charge is 0.334 e. The number of carbonyl (C=O) groups is 1. The average molecular weight is 340 g/mol. The summed E-state index contributed by atoms with van der Waals surface area (Å²) in [5, 5.41) is 2.99. The third-order valence-electron chi connectivity index (χ3n) is 5.08. The number of para-hydroxylation sites is 1. The maximum absolute atomic E-state index is 13.8. The number of thiocarbonyl (C=S) groups is 1. The molecule has 2 aromatic carbocycles. The lowest BCUT2D eigenvalue weighted by atomic mass is 9.75. The standard InChI is InChI=1S/C19H17FN2OS/c1-12-6-7-13(20)10-16(12)22-11-19(9-8-17(22)24)14-4-2-3-5-15(14)21-18(19)23/h2-7,10H,8-9,11H2,1H3,(H,21,23).